The molecule has 2 aromatic rings. The Labute approximate surface area is 155 Å². The van der Waals surface area contributed by atoms with Crippen LogP contribution in [-0.2, 0) is 30.5 Å². The smallest absolute Gasteiger partial charge is 0.341 e. The molecule has 9 nitrogen and oxygen atoms in total. The van der Waals surface area contributed by atoms with E-state index >= 15 is 0 Å². The van der Waals surface area contributed by atoms with Gasteiger partial charge in [-0.3, -0.25) is 4.98 Å². The number of aromatic nitrogens is 2. The summed E-state index contributed by atoms with van der Waals surface area (Å²) in [6.07, 6.45) is 1.54. The third-order valence-electron chi connectivity index (χ3n) is 3.83. The SMILES string of the molecule is COCC(=O)OCn1c(C)c(C(=O)OC)c(C(=O)OC)c1-c1ccccn1. The first kappa shape index (κ1) is 20.1. The quantitative estimate of drug-likeness (QED) is 0.530. The lowest BCUT2D eigenvalue weighted by atomic mass is 10.1. The van der Waals surface area contributed by atoms with Gasteiger partial charge < -0.3 is 23.5 Å². The molecule has 2 heterocycles. The van der Waals surface area contributed by atoms with Gasteiger partial charge in [-0.25, -0.2) is 14.4 Å². The zero-order valence-electron chi connectivity index (χ0n) is 15.5. The Morgan fingerprint density at radius 2 is 1.70 bits per heavy atom. The van der Waals surface area contributed by atoms with Crippen LogP contribution in [0.1, 0.15) is 26.4 Å². The second kappa shape index (κ2) is 8.95. The number of esters is 3. The van der Waals surface area contributed by atoms with Gasteiger partial charge in [0.25, 0.3) is 0 Å². The maximum absolute atomic E-state index is 12.5. The molecule has 0 aliphatic carbocycles. The summed E-state index contributed by atoms with van der Waals surface area (Å²) in [5, 5.41) is 0. The maximum atomic E-state index is 12.5. The van der Waals surface area contributed by atoms with Crippen LogP contribution in [0.15, 0.2) is 24.4 Å². The predicted molar refractivity (Wildman–Crippen MR) is 93.0 cm³/mol. The minimum absolute atomic E-state index is 0.0108. The van der Waals surface area contributed by atoms with Crippen LogP contribution < -0.4 is 0 Å². The molecular weight excluding hydrogens is 356 g/mol. The molecule has 27 heavy (non-hydrogen) atoms. The highest BCUT2D eigenvalue weighted by molar-refractivity contribution is 6.08. The van der Waals surface area contributed by atoms with Gasteiger partial charge in [0.05, 0.1) is 31.2 Å². The highest BCUT2D eigenvalue weighted by Crippen LogP contribution is 2.32. The van der Waals surface area contributed by atoms with Gasteiger partial charge in [-0.1, -0.05) is 6.07 Å². The summed E-state index contributed by atoms with van der Waals surface area (Å²) >= 11 is 0. The van der Waals surface area contributed by atoms with Crippen LogP contribution in [0.5, 0.6) is 0 Å². The monoisotopic (exact) mass is 376 g/mol. The fourth-order valence-electron chi connectivity index (χ4n) is 2.62. The predicted octanol–water partition coefficient (Wildman–Crippen LogP) is 1.58. The van der Waals surface area contributed by atoms with E-state index in [2.05, 4.69) is 4.98 Å². The number of hydrogen-bond donors (Lipinski definition) is 0. The van der Waals surface area contributed by atoms with Gasteiger partial charge in [0, 0.05) is 19.0 Å². The van der Waals surface area contributed by atoms with Crippen LogP contribution in [0.25, 0.3) is 11.4 Å². The number of nitrogens with zero attached hydrogens (tertiary/aromatic N) is 2. The van der Waals surface area contributed by atoms with Crippen molar-refractivity contribution in [2.24, 2.45) is 0 Å². The van der Waals surface area contributed by atoms with Crippen LogP contribution in [0.2, 0.25) is 0 Å². The van der Waals surface area contributed by atoms with Crippen LogP contribution in [0.4, 0.5) is 0 Å². The molecule has 0 unspecified atom stereocenters. The van der Waals surface area contributed by atoms with Gasteiger partial charge in [0.15, 0.2) is 6.73 Å². The number of carbonyl (C=O) groups is 3. The summed E-state index contributed by atoms with van der Waals surface area (Å²) in [5.41, 5.74) is 1.06. The van der Waals surface area contributed by atoms with Crippen molar-refractivity contribution in [3.63, 3.8) is 0 Å². The van der Waals surface area contributed by atoms with Crippen molar-refractivity contribution in [2.45, 2.75) is 13.7 Å². The van der Waals surface area contributed by atoms with Crippen molar-refractivity contribution in [1.82, 2.24) is 9.55 Å². The number of methoxy groups -OCH3 is 3. The first-order valence-corrected chi connectivity index (χ1v) is 7.91. The molecule has 0 aromatic carbocycles. The van der Waals surface area contributed by atoms with Gasteiger partial charge in [-0.15, -0.1) is 0 Å². The van der Waals surface area contributed by atoms with E-state index in [0.717, 1.165) is 0 Å². The van der Waals surface area contributed by atoms with Crippen molar-refractivity contribution in [1.29, 1.82) is 0 Å². The standard InChI is InChI=1S/C18H20N2O7/c1-11-14(17(22)25-3)15(18(23)26-4)16(12-7-5-6-8-19-12)20(11)10-27-13(21)9-24-2/h5-8H,9-10H2,1-4H3. The normalized spacial score (nSPS) is 10.4. The topological polar surface area (TPSA) is 106 Å². The van der Waals surface area contributed by atoms with E-state index in [1.807, 2.05) is 0 Å². The summed E-state index contributed by atoms with van der Waals surface area (Å²) in [5.74, 6) is -2.05. The summed E-state index contributed by atoms with van der Waals surface area (Å²) < 4.78 is 21.1. The Kier molecular flexibility index (Phi) is 6.67. The van der Waals surface area contributed by atoms with E-state index in [1.165, 1.54) is 32.1 Å². The zero-order chi connectivity index (χ0) is 20.0. The first-order valence-electron chi connectivity index (χ1n) is 7.91. The van der Waals surface area contributed by atoms with Crippen molar-refractivity contribution < 1.29 is 33.3 Å². The molecule has 0 radical (unpaired) electrons. The Morgan fingerprint density at radius 3 is 2.26 bits per heavy atom. The Balaban J connectivity index is 2.69. The van der Waals surface area contributed by atoms with Gasteiger partial charge in [-0.05, 0) is 19.1 Å². The second-order valence-electron chi connectivity index (χ2n) is 5.39. The lowest BCUT2D eigenvalue weighted by Gasteiger charge is -2.12. The zero-order valence-corrected chi connectivity index (χ0v) is 15.5. The largest absolute Gasteiger partial charge is 0.465 e. The van der Waals surface area contributed by atoms with Crippen LogP contribution in [-0.4, -0.2) is 55.4 Å². The molecule has 0 bridgehead atoms. The Morgan fingerprint density at radius 1 is 1.04 bits per heavy atom. The number of hydrogen-bond acceptors (Lipinski definition) is 8. The van der Waals surface area contributed by atoms with Crippen LogP contribution in [0.3, 0.4) is 0 Å². The summed E-state index contributed by atoms with van der Waals surface area (Å²) in [6.45, 7) is 1.13. The van der Waals surface area contributed by atoms with E-state index in [9.17, 15) is 14.4 Å². The number of carbonyl (C=O) groups excluding carboxylic acids is 3. The molecule has 9 heteroatoms. The highest BCUT2D eigenvalue weighted by atomic mass is 16.6. The second-order valence-corrected chi connectivity index (χ2v) is 5.39. The van der Waals surface area contributed by atoms with Crippen LogP contribution in [0, 0.1) is 6.92 Å². The summed E-state index contributed by atoms with van der Waals surface area (Å²) in [4.78, 5) is 40.7. The average Bonchev–Trinajstić information content (AvgIpc) is 2.98. The molecule has 0 saturated heterocycles. The molecule has 0 aliphatic rings. The molecule has 0 spiro atoms. The van der Waals surface area contributed by atoms with E-state index in [4.69, 9.17) is 18.9 Å². The average molecular weight is 376 g/mol. The van der Waals surface area contributed by atoms with Crippen molar-refractivity contribution in [3.05, 3.63) is 41.2 Å². The van der Waals surface area contributed by atoms with E-state index in [-0.39, 0.29) is 30.2 Å². The van der Waals surface area contributed by atoms with Crippen molar-refractivity contribution >= 4 is 17.9 Å². The minimum atomic E-state index is -0.735. The van der Waals surface area contributed by atoms with Crippen molar-refractivity contribution in [2.75, 3.05) is 27.9 Å². The van der Waals surface area contributed by atoms with Gasteiger partial charge in [-0.2, -0.15) is 0 Å². The summed E-state index contributed by atoms with van der Waals surface area (Å²) in [7, 11) is 3.78. The highest BCUT2D eigenvalue weighted by Gasteiger charge is 2.32. The summed E-state index contributed by atoms with van der Waals surface area (Å²) in [6, 6.07) is 5.10. The fourth-order valence-corrected chi connectivity index (χ4v) is 2.62. The minimum Gasteiger partial charge on any atom is -0.465 e. The molecule has 0 N–H and O–H groups in total. The number of rotatable bonds is 7. The number of ether oxygens (including phenoxy) is 4. The Hall–Kier alpha value is -3.20. The van der Waals surface area contributed by atoms with Crippen molar-refractivity contribution in [3.8, 4) is 11.4 Å². The first-order chi connectivity index (χ1) is 13.0. The lowest BCUT2D eigenvalue weighted by molar-refractivity contribution is -0.151. The molecule has 2 aromatic heterocycles. The molecule has 144 valence electrons. The molecule has 0 fully saturated rings. The Bertz CT molecular complexity index is 843. The third kappa shape index (κ3) is 4.14. The fraction of sp³-hybridized carbons (Fsp3) is 0.333. The van der Waals surface area contributed by atoms with Gasteiger partial charge >= 0.3 is 17.9 Å². The molecule has 0 aliphatic heterocycles. The van der Waals surface area contributed by atoms with Gasteiger partial charge in [0.1, 0.15) is 12.2 Å². The lowest BCUT2D eigenvalue weighted by Crippen LogP contribution is -2.16. The van der Waals surface area contributed by atoms with E-state index in [0.29, 0.717) is 11.4 Å². The molecule has 0 saturated carbocycles. The molecular formula is C18H20N2O7. The number of pyridine rings is 1. The van der Waals surface area contributed by atoms with E-state index in [1.54, 1.807) is 25.1 Å². The van der Waals surface area contributed by atoms with Gasteiger partial charge in [0.2, 0.25) is 0 Å². The molecule has 2 rings (SSSR count). The van der Waals surface area contributed by atoms with E-state index < -0.39 is 17.9 Å². The molecule has 0 amide bonds. The van der Waals surface area contributed by atoms with Crippen LogP contribution >= 0.6 is 0 Å². The molecule has 0 atom stereocenters. The third-order valence-corrected chi connectivity index (χ3v) is 3.83. The maximum Gasteiger partial charge on any atom is 0.341 e.